The van der Waals surface area contributed by atoms with Crippen molar-refractivity contribution < 1.29 is 13.3 Å². The number of rotatable bonds is 5. The highest BCUT2D eigenvalue weighted by molar-refractivity contribution is 7.84. The van der Waals surface area contributed by atoms with Gasteiger partial charge in [-0.05, 0) is 42.3 Å². The maximum Gasteiger partial charge on any atom is 0.165 e. The molecular formula is C16H15Cl2FO2S. The van der Waals surface area contributed by atoms with E-state index in [0.29, 0.717) is 15.6 Å². The van der Waals surface area contributed by atoms with Gasteiger partial charge in [0.2, 0.25) is 0 Å². The van der Waals surface area contributed by atoms with Crippen molar-refractivity contribution in [2.45, 2.75) is 17.9 Å². The fourth-order valence-corrected chi connectivity index (χ4v) is 3.52. The lowest BCUT2D eigenvalue weighted by Crippen LogP contribution is -2.06. The molecule has 0 fully saturated rings. The van der Waals surface area contributed by atoms with Crippen molar-refractivity contribution >= 4 is 34.0 Å². The zero-order valence-corrected chi connectivity index (χ0v) is 14.4. The molecule has 0 spiro atoms. The molecule has 0 bridgehead atoms. The second-order valence-corrected chi connectivity index (χ2v) is 7.38. The van der Waals surface area contributed by atoms with Gasteiger partial charge < -0.3 is 4.74 Å². The molecular weight excluding hydrogens is 346 g/mol. The van der Waals surface area contributed by atoms with Crippen LogP contribution in [-0.4, -0.2) is 11.3 Å². The summed E-state index contributed by atoms with van der Waals surface area (Å²) in [6.45, 7) is 1.84. The Hall–Kier alpha value is -1.10. The van der Waals surface area contributed by atoms with E-state index in [1.807, 2.05) is 6.92 Å². The standard InChI is InChI=1S/C16H15Cl2FO2S/c1-10(12-4-5-13(17)14(18)8-12)22(20)9-11-3-6-16(21-2)15(19)7-11/h3-8,10H,9H2,1-2H3. The molecule has 0 aliphatic heterocycles. The summed E-state index contributed by atoms with van der Waals surface area (Å²) >= 11 is 11.9. The highest BCUT2D eigenvalue weighted by Crippen LogP contribution is 2.29. The van der Waals surface area contributed by atoms with Crippen LogP contribution in [0.4, 0.5) is 4.39 Å². The molecule has 0 aromatic heterocycles. The smallest absolute Gasteiger partial charge is 0.165 e. The molecule has 118 valence electrons. The van der Waals surface area contributed by atoms with Crippen LogP contribution in [0.2, 0.25) is 10.0 Å². The molecule has 2 aromatic carbocycles. The van der Waals surface area contributed by atoms with E-state index in [-0.39, 0.29) is 16.8 Å². The van der Waals surface area contributed by atoms with Gasteiger partial charge in [-0.2, -0.15) is 0 Å². The minimum atomic E-state index is -1.21. The average Bonchev–Trinajstić information content (AvgIpc) is 2.49. The highest BCUT2D eigenvalue weighted by atomic mass is 35.5. The third-order valence-corrected chi connectivity index (χ3v) is 5.75. The van der Waals surface area contributed by atoms with Crippen LogP contribution in [0.3, 0.4) is 0 Å². The molecule has 0 aliphatic carbocycles. The quantitative estimate of drug-likeness (QED) is 0.736. The maximum absolute atomic E-state index is 13.7. The van der Waals surface area contributed by atoms with Crippen LogP contribution in [0.25, 0.3) is 0 Å². The Balaban J connectivity index is 2.14. The first-order chi connectivity index (χ1) is 10.4. The average molecular weight is 361 g/mol. The number of benzene rings is 2. The predicted molar refractivity (Wildman–Crippen MR) is 89.7 cm³/mol. The Morgan fingerprint density at radius 1 is 1.18 bits per heavy atom. The van der Waals surface area contributed by atoms with Crippen molar-refractivity contribution in [2.75, 3.05) is 7.11 Å². The minimum Gasteiger partial charge on any atom is -0.494 e. The maximum atomic E-state index is 13.7. The lowest BCUT2D eigenvalue weighted by Gasteiger charge is -2.13. The second-order valence-electron chi connectivity index (χ2n) is 4.81. The number of halogens is 3. The minimum absolute atomic E-state index is 0.173. The monoisotopic (exact) mass is 360 g/mol. The third kappa shape index (κ3) is 4.00. The molecule has 2 rings (SSSR count). The zero-order valence-electron chi connectivity index (χ0n) is 12.1. The zero-order chi connectivity index (χ0) is 16.3. The van der Waals surface area contributed by atoms with E-state index in [0.717, 1.165) is 5.56 Å². The van der Waals surface area contributed by atoms with Crippen molar-refractivity contribution in [1.82, 2.24) is 0 Å². The Morgan fingerprint density at radius 3 is 2.50 bits per heavy atom. The van der Waals surface area contributed by atoms with E-state index >= 15 is 0 Å². The topological polar surface area (TPSA) is 26.3 Å². The number of hydrogen-bond donors (Lipinski definition) is 0. The summed E-state index contributed by atoms with van der Waals surface area (Å²) in [5.41, 5.74) is 1.49. The molecule has 0 saturated carbocycles. The predicted octanol–water partition coefficient (Wildman–Crippen LogP) is 5.15. The van der Waals surface area contributed by atoms with Crippen LogP contribution in [0.1, 0.15) is 23.3 Å². The molecule has 2 nitrogen and oxygen atoms in total. The molecule has 0 N–H and O–H groups in total. The number of hydrogen-bond acceptors (Lipinski definition) is 2. The molecule has 0 aliphatic rings. The van der Waals surface area contributed by atoms with E-state index in [9.17, 15) is 8.60 Å². The Kier molecular flexibility index (Phi) is 5.84. The molecule has 0 saturated heterocycles. The van der Waals surface area contributed by atoms with Crippen LogP contribution in [0.5, 0.6) is 5.75 Å². The van der Waals surface area contributed by atoms with Crippen LogP contribution in [0.15, 0.2) is 36.4 Å². The van der Waals surface area contributed by atoms with Crippen molar-refractivity contribution in [1.29, 1.82) is 0 Å². The van der Waals surface area contributed by atoms with Gasteiger partial charge in [0.1, 0.15) is 0 Å². The van der Waals surface area contributed by atoms with Gasteiger partial charge in [-0.15, -0.1) is 0 Å². The first kappa shape index (κ1) is 17.3. The molecule has 0 radical (unpaired) electrons. The van der Waals surface area contributed by atoms with Gasteiger partial charge in [-0.1, -0.05) is 35.3 Å². The number of methoxy groups -OCH3 is 1. The van der Waals surface area contributed by atoms with E-state index in [1.165, 1.54) is 19.2 Å². The fourth-order valence-electron chi connectivity index (χ4n) is 2.01. The van der Waals surface area contributed by atoms with Gasteiger partial charge in [-0.25, -0.2) is 4.39 Å². The van der Waals surface area contributed by atoms with Gasteiger partial charge in [0, 0.05) is 16.6 Å². The Labute approximate surface area is 141 Å². The molecule has 0 amide bonds. The molecule has 2 aromatic rings. The Morgan fingerprint density at radius 2 is 1.91 bits per heavy atom. The van der Waals surface area contributed by atoms with Gasteiger partial charge in [0.05, 0.1) is 22.4 Å². The van der Waals surface area contributed by atoms with E-state index in [2.05, 4.69) is 0 Å². The second kappa shape index (κ2) is 7.44. The largest absolute Gasteiger partial charge is 0.494 e. The first-order valence-corrected chi connectivity index (χ1v) is 8.70. The SMILES string of the molecule is COc1ccc(CS(=O)C(C)c2ccc(Cl)c(Cl)c2)cc1F. The fraction of sp³-hybridized carbons (Fsp3) is 0.250. The summed E-state index contributed by atoms with van der Waals surface area (Å²) in [4.78, 5) is 0. The highest BCUT2D eigenvalue weighted by Gasteiger charge is 2.16. The van der Waals surface area contributed by atoms with Gasteiger partial charge in [0.15, 0.2) is 11.6 Å². The molecule has 22 heavy (non-hydrogen) atoms. The Bertz CT molecular complexity index is 707. The van der Waals surface area contributed by atoms with Crippen LogP contribution >= 0.6 is 23.2 Å². The van der Waals surface area contributed by atoms with E-state index < -0.39 is 16.6 Å². The molecule has 6 heteroatoms. The summed E-state index contributed by atoms with van der Waals surface area (Å²) in [5.74, 6) is -0.0336. The van der Waals surface area contributed by atoms with Crippen LogP contribution < -0.4 is 4.74 Å². The van der Waals surface area contributed by atoms with Crippen molar-refractivity contribution in [2.24, 2.45) is 0 Å². The van der Waals surface area contributed by atoms with Crippen LogP contribution in [0, 0.1) is 5.82 Å². The summed E-state index contributed by atoms with van der Waals surface area (Å²) in [7, 11) is 0.198. The normalized spacial score (nSPS) is 13.7. The van der Waals surface area contributed by atoms with Crippen molar-refractivity contribution in [3.63, 3.8) is 0 Å². The molecule has 0 heterocycles. The summed E-state index contributed by atoms with van der Waals surface area (Å²) in [6.07, 6.45) is 0. The lowest BCUT2D eigenvalue weighted by molar-refractivity contribution is 0.386. The van der Waals surface area contributed by atoms with Crippen molar-refractivity contribution in [3.05, 3.63) is 63.4 Å². The summed E-state index contributed by atoms with van der Waals surface area (Å²) in [5, 5.41) is 0.652. The van der Waals surface area contributed by atoms with Gasteiger partial charge >= 0.3 is 0 Å². The molecule has 2 atom stereocenters. The van der Waals surface area contributed by atoms with Crippen LogP contribution in [-0.2, 0) is 16.6 Å². The number of ether oxygens (including phenoxy) is 1. The van der Waals surface area contributed by atoms with Gasteiger partial charge in [-0.3, -0.25) is 4.21 Å². The summed E-state index contributed by atoms with van der Waals surface area (Å²) < 4.78 is 31.0. The third-order valence-electron chi connectivity index (χ3n) is 3.33. The first-order valence-electron chi connectivity index (χ1n) is 6.57. The van der Waals surface area contributed by atoms with Gasteiger partial charge in [0.25, 0.3) is 0 Å². The molecule has 2 unspecified atom stereocenters. The van der Waals surface area contributed by atoms with E-state index in [4.69, 9.17) is 27.9 Å². The summed E-state index contributed by atoms with van der Waals surface area (Å²) in [6, 6.07) is 9.78. The lowest BCUT2D eigenvalue weighted by atomic mass is 10.2. The van der Waals surface area contributed by atoms with E-state index in [1.54, 1.807) is 24.3 Å². The van der Waals surface area contributed by atoms with Crippen molar-refractivity contribution in [3.8, 4) is 5.75 Å².